The van der Waals surface area contributed by atoms with E-state index in [4.69, 9.17) is 5.73 Å². The molecule has 2 aromatic carbocycles. The Labute approximate surface area is 126 Å². The third kappa shape index (κ3) is 3.66. The van der Waals surface area contributed by atoms with Crippen molar-refractivity contribution in [1.82, 2.24) is 5.43 Å². The first-order valence-corrected chi connectivity index (χ1v) is 6.42. The van der Waals surface area contributed by atoms with E-state index in [2.05, 4.69) is 10.5 Å². The van der Waals surface area contributed by atoms with Gasteiger partial charge in [-0.15, -0.1) is 0 Å². The molecule has 0 aliphatic heterocycles. The van der Waals surface area contributed by atoms with Crippen molar-refractivity contribution in [1.29, 1.82) is 0 Å². The number of hydrogen-bond acceptors (Lipinski definition) is 5. The first-order chi connectivity index (χ1) is 10.5. The van der Waals surface area contributed by atoms with Crippen LogP contribution in [-0.2, 0) is 0 Å². The van der Waals surface area contributed by atoms with Gasteiger partial charge < -0.3 is 5.73 Å². The number of nitro groups is 1. The minimum absolute atomic E-state index is 0.000321. The molecule has 0 radical (unpaired) electrons. The summed E-state index contributed by atoms with van der Waals surface area (Å²) in [4.78, 5) is 22.0. The molecule has 0 unspecified atom stereocenters. The smallest absolute Gasteiger partial charge is 0.271 e. The molecule has 0 atom stereocenters. The monoisotopic (exact) mass is 298 g/mol. The quantitative estimate of drug-likeness (QED) is 0.390. The van der Waals surface area contributed by atoms with Crippen LogP contribution < -0.4 is 11.2 Å². The molecule has 0 heterocycles. The number of amides is 1. The van der Waals surface area contributed by atoms with Crippen molar-refractivity contribution in [3.63, 3.8) is 0 Å². The van der Waals surface area contributed by atoms with Crippen LogP contribution in [0.5, 0.6) is 0 Å². The normalized spacial score (nSPS) is 11.0. The van der Waals surface area contributed by atoms with Crippen LogP contribution in [0.2, 0.25) is 0 Å². The summed E-state index contributed by atoms with van der Waals surface area (Å²) >= 11 is 0. The number of hydrogen-bond donors (Lipinski definition) is 2. The van der Waals surface area contributed by atoms with Gasteiger partial charge in [0, 0.05) is 23.4 Å². The van der Waals surface area contributed by atoms with Crippen molar-refractivity contribution in [3.8, 4) is 0 Å². The van der Waals surface area contributed by atoms with Crippen LogP contribution in [0.4, 0.5) is 11.4 Å². The van der Waals surface area contributed by atoms with Crippen LogP contribution in [0.3, 0.4) is 0 Å². The van der Waals surface area contributed by atoms with Gasteiger partial charge in [0.05, 0.1) is 10.6 Å². The Bertz CT molecular complexity index is 739. The molecule has 0 aliphatic carbocycles. The summed E-state index contributed by atoms with van der Waals surface area (Å²) in [6, 6.07) is 12.4. The van der Waals surface area contributed by atoms with Gasteiger partial charge in [-0.2, -0.15) is 5.10 Å². The number of carbonyl (C=O) groups excluding carboxylic acids is 1. The number of benzene rings is 2. The van der Waals surface area contributed by atoms with Gasteiger partial charge in [0.15, 0.2) is 0 Å². The average molecular weight is 298 g/mol. The summed E-state index contributed by atoms with van der Waals surface area (Å²) in [7, 11) is 0. The number of nitrogens with one attached hydrogen (secondary N) is 1. The van der Waals surface area contributed by atoms with Crippen molar-refractivity contribution in [2.75, 3.05) is 5.73 Å². The molecule has 1 amide bonds. The molecule has 2 aromatic rings. The molecule has 3 N–H and O–H groups in total. The summed E-state index contributed by atoms with van der Waals surface area (Å²) in [6.45, 7) is 1.70. The Morgan fingerprint density at radius 2 is 1.86 bits per heavy atom. The zero-order chi connectivity index (χ0) is 16.1. The molecule has 0 saturated heterocycles. The lowest BCUT2D eigenvalue weighted by Crippen LogP contribution is -2.19. The summed E-state index contributed by atoms with van der Waals surface area (Å²) in [5, 5.41) is 14.6. The predicted octanol–water partition coefficient (Wildman–Crippen LogP) is 2.33. The van der Waals surface area contributed by atoms with Crippen molar-refractivity contribution in [3.05, 3.63) is 69.8 Å². The van der Waals surface area contributed by atoms with Crippen molar-refractivity contribution < 1.29 is 9.72 Å². The maximum absolute atomic E-state index is 11.9. The first kappa shape index (κ1) is 15.2. The molecule has 2 rings (SSSR count). The third-order valence-electron chi connectivity index (χ3n) is 2.97. The molecule has 7 nitrogen and oxygen atoms in total. The van der Waals surface area contributed by atoms with Crippen LogP contribution in [0.1, 0.15) is 22.8 Å². The molecule has 7 heteroatoms. The number of non-ortho nitro benzene ring substituents is 1. The number of nitrogens with zero attached hydrogens (tertiary/aromatic N) is 2. The van der Waals surface area contributed by atoms with E-state index >= 15 is 0 Å². The Morgan fingerprint density at radius 3 is 2.45 bits per heavy atom. The largest absolute Gasteiger partial charge is 0.399 e. The second-order valence-corrected chi connectivity index (χ2v) is 4.57. The van der Waals surface area contributed by atoms with E-state index in [1.807, 2.05) is 0 Å². The molecule has 22 heavy (non-hydrogen) atoms. The molecule has 0 fully saturated rings. The fourth-order valence-corrected chi connectivity index (χ4v) is 1.77. The molecule has 0 saturated carbocycles. The maximum Gasteiger partial charge on any atom is 0.271 e. The minimum atomic E-state index is -0.474. The zero-order valence-electron chi connectivity index (χ0n) is 11.8. The van der Waals surface area contributed by atoms with Gasteiger partial charge in [-0.25, -0.2) is 5.43 Å². The van der Waals surface area contributed by atoms with Gasteiger partial charge in [0.2, 0.25) is 0 Å². The standard InChI is InChI=1S/C15H14N4O3/c1-10(11-5-7-14(8-6-11)19(21)22)17-18-15(20)12-3-2-4-13(16)9-12/h2-9H,16H2,1H3,(H,18,20). The SMILES string of the molecule is CC(=NNC(=O)c1cccc(N)c1)c1ccc([N+](=O)[O-])cc1. The Morgan fingerprint density at radius 1 is 1.18 bits per heavy atom. The second-order valence-electron chi connectivity index (χ2n) is 4.57. The Kier molecular flexibility index (Phi) is 4.47. The van der Waals surface area contributed by atoms with E-state index in [1.165, 1.54) is 12.1 Å². The number of nitrogens with two attached hydrogens (primary N) is 1. The van der Waals surface area contributed by atoms with E-state index in [-0.39, 0.29) is 11.6 Å². The van der Waals surface area contributed by atoms with Crippen LogP contribution in [0.25, 0.3) is 0 Å². The highest BCUT2D eigenvalue weighted by Crippen LogP contribution is 2.12. The number of nitrogen functional groups attached to an aromatic ring is 1. The highest BCUT2D eigenvalue weighted by atomic mass is 16.6. The van der Waals surface area contributed by atoms with Crippen molar-refractivity contribution >= 4 is 23.0 Å². The summed E-state index contributed by atoms with van der Waals surface area (Å²) < 4.78 is 0. The van der Waals surface area contributed by atoms with Gasteiger partial charge in [-0.3, -0.25) is 14.9 Å². The number of hydrazone groups is 1. The second kappa shape index (κ2) is 6.49. The Balaban J connectivity index is 2.09. The molecule has 0 bridgehead atoms. The number of carbonyl (C=O) groups is 1. The lowest BCUT2D eigenvalue weighted by Gasteiger charge is -2.03. The van der Waals surface area contributed by atoms with Gasteiger partial charge in [0.25, 0.3) is 11.6 Å². The maximum atomic E-state index is 11.9. The Hall–Kier alpha value is -3.22. The molecule has 0 aromatic heterocycles. The van der Waals surface area contributed by atoms with E-state index in [0.717, 1.165) is 0 Å². The molecule has 112 valence electrons. The topological polar surface area (TPSA) is 111 Å². The molecular weight excluding hydrogens is 284 g/mol. The minimum Gasteiger partial charge on any atom is -0.399 e. The lowest BCUT2D eigenvalue weighted by atomic mass is 10.1. The van der Waals surface area contributed by atoms with E-state index in [0.29, 0.717) is 22.5 Å². The predicted molar refractivity (Wildman–Crippen MR) is 83.6 cm³/mol. The van der Waals surface area contributed by atoms with E-state index in [9.17, 15) is 14.9 Å². The fraction of sp³-hybridized carbons (Fsp3) is 0.0667. The first-order valence-electron chi connectivity index (χ1n) is 6.42. The van der Waals surface area contributed by atoms with Crippen molar-refractivity contribution in [2.45, 2.75) is 6.92 Å². The van der Waals surface area contributed by atoms with Crippen molar-refractivity contribution in [2.24, 2.45) is 5.10 Å². The molecule has 0 spiro atoms. The van der Waals surface area contributed by atoms with Gasteiger partial charge in [0.1, 0.15) is 0 Å². The van der Waals surface area contributed by atoms with Gasteiger partial charge in [-0.05, 0) is 42.8 Å². The van der Waals surface area contributed by atoms with Gasteiger partial charge in [-0.1, -0.05) is 6.07 Å². The average Bonchev–Trinajstić information content (AvgIpc) is 2.52. The zero-order valence-corrected chi connectivity index (χ0v) is 11.8. The van der Waals surface area contributed by atoms with Crippen LogP contribution >= 0.6 is 0 Å². The van der Waals surface area contributed by atoms with Crippen LogP contribution in [0.15, 0.2) is 53.6 Å². The summed E-state index contributed by atoms with van der Waals surface area (Å²) in [6.07, 6.45) is 0. The fourth-order valence-electron chi connectivity index (χ4n) is 1.77. The van der Waals surface area contributed by atoms with E-state index in [1.54, 1.807) is 43.3 Å². The number of anilines is 1. The van der Waals surface area contributed by atoms with E-state index < -0.39 is 4.92 Å². The number of rotatable bonds is 4. The summed E-state index contributed by atoms with van der Waals surface area (Å²) in [5.74, 6) is -0.381. The third-order valence-corrected chi connectivity index (χ3v) is 2.97. The summed E-state index contributed by atoms with van der Waals surface area (Å²) in [5.41, 5.74) is 10.1. The lowest BCUT2D eigenvalue weighted by molar-refractivity contribution is -0.384. The van der Waals surface area contributed by atoms with Crippen LogP contribution in [0, 0.1) is 10.1 Å². The molecule has 0 aliphatic rings. The number of nitro benzene ring substituents is 1. The highest BCUT2D eigenvalue weighted by Gasteiger charge is 2.07. The molecular formula is C15H14N4O3. The van der Waals surface area contributed by atoms with Gasteiger partial charge >= 0.3 is 0 Å². The highest BCUT2D eigenvalue weighted by molar-refractivity contribution is 6.01. The van der Waals surface area contributed by atoms with Crippen LogP contribution in [-0.4, -0.2) is 16.5 Å².